The SMILES string of the molecule is COc1cccc(NC(N)=NCCc2csc(C(C)(C)C)n2)c1. The number of thiazole rings is 1. The Bertz CT molecular complexity index is 673. The number of hydrogen-bond acceptors (Lipinski definition) is 4. The molecule has 1 heterocycles. The zero-order valence-corrected chi connectivity index (χ0v) is 14.9. The number of ether oxygens (including phenoxy) is 1. The average Bonchev–Trinajstić information content (AvgIpc) is 2.96. The molecule has 1 aromatic heterocycles. The molecule has 0 unspecified atom stereocenters. The van der Waals surface area contributed by atoms with Gasteiger partial charge in [-0.1, -0.05) is 26.8 Å². The quantitative estimate of drug-likeness (QED) is 0.650. The number of benzene rings is 1. The monoisotopic (exact) mass is 332 g/mol. The molecule has 124 valence electrons. The summed E-state index contributed by atoms with van der Waals surface area (Å²) in [5, 5.41) is 6.31. The van der Waals surface area contributed by atoms with E-state index in [2.05, 4.69) is 41.4 Å². The van der Waals surface area contributed by atoms with Gasteiger partial charge in [0.1, 0.15) is 5.75 Å². The average molecular weight is 332 g/mol. The molecule has 0 amide bonds. The number of methoxy groups -OCH3 is 1. The smallest absolute Gasteiger partial charge is 0.193 e. The largest absolute Gasteiger partial charge is 0.497 e. The maximum Gasteiger partial charge on any atom is 0.193 e. The van der Waals surface area contributed by atoms with Gasteiger partial charge in [0.05, 0.1) is 17.8 Å². The van der Waals surface area contributed by atoms with Gasteiger partial charge >= 0.3 is 0 Å². The summed E-state index contributed by atoms with van der Waals surface area (Å²) in [6.45, 7) is 7.12. The topological polar surface area (TPSA) is 72.5 Å². The first kappa shape index (κ1) is 17.3. The molecule has 1 aromatic carbocycles. The Kier molecular flexibility index (Phi) is 5.60. The van der Waals surface area contributed by atoms with Crippen molar-refractivity contribution in [2.24, 2.45) is 10.7 Å². The predicted octanol–water partition coefficient (Wildman–Crippen LogP) is 3.42. The fourth-order valence-corrected chi connectivity index (χ4v) is 2.89. The van der Waals surface area contributed by atoms with E-state index >= 15 is 0 Å². The van der Waals surface area contributed by atoms with Crippen molar-refractivity contribution in [1.82, 2.24) is 4.98 Å². The molecular formula is C17H24N4OS. The molecule has 0 aliphatic rings. The highest BCUT2D eigenvalue weighted by molar-refractivity contribution is 7.09. The van der Waals surface area contributed by atoms with Crippen LogP contribution in [0.2, 0.25) is 0 Å². The number of aliphatic imine (C=N–C) groups is 1. The maximum absolute atomic E-state index is 5.92. The van der Waals surface area contributed by atoms with Crippen LogP contribution in [0.1, 0.15) is 31.5 Å². The minimum atomic E-state index is 0.0964. The van der Waals surface area contributed by atoms with Crippen molar-refractivity contribution in [1.29, 1.82) is 0 Å². The first-order valence-corrected chi connectivity index (χ1v) is 8.42. The van der Waals surface area contributed by atoms with E-state index in [1.165, 1.54) is 0 Å². The van der Waals surface area contributed by atoms with Gasteiger partial charge in [-0.2, -0.15) is 0 Å². The maximum atomic E-state index is 5.92. The normalized spacial score (nSPS) is 12.3. The van der Waals surface area contributed by atoms with Crippen LogP contribution in [0.15, 0.2) is 34.6 Å². The molecule has 3 N–H and O–H groups in total. The summed E-state index contributed by atoms with van der Waals surface area (Å²) >= 11 is 1.70. The molecule has 0 spiro atoms. The Morgan fingerprint density at radius 3 is 2.83 bits per heavy atom. The summed E-state index contributed by atoms with van der Waals surface area (Å²) in [5.41, 5.74) is 7.94. The third kappa shape index (κ3) is 5.25. The van der Waals surface area contributed by atoms with Crippen molar-refractivity contribution in [3.63, 3.8) is 0 Å². The number of nitrogens with two attached hydrogens (primary N) is 1. The molecule has 5 nitrogen and oxygen atoms in total. The van der Waals surface area contributed by atoms with Gasteiger partial charge in [-0.05, 0) is 12.1 Å². The van der Waals surface area contributed by atoms with E-state index in [1.54, 1.807) is 18.4 Å². The van der Waals surface area contributed by atoms with E-state index in [4.69, 9.17) is 10.5 Å². The first-order chi connectivity index (χ1) is 10.9. The molecule has 2 aromatic rings. The number of nitrogens with one attached hydrogen (secondary N) is 1. The number of anilines is 1. The summed E-state index contributed by atoms with van der Waals surface area (Å²) in [4.78, 5) is 9.01. The zero-order chi connectivity index (χ0) is 16.9. The van der Waals surface area contributed by atoms with Gasteiger partial charge in [0.2, 0.25) is 0 Å². The molecule has 0 saturated heterocycles. The number of guanidine groups is 1. The van der Waals surface area contributed by atoms with Crippen LogP contribution in [0, 0.1) is 0 Å². The molecule has 0 aliphatic carbocycles. The summed E-state index contributed by atoms with van der Waals surface area (Å²) in [7, 11) is 1.64. The van der Waals surface area contributed by atoms with Crippen LogP contribution in [-0.4, -0.2) is 24.6 Å². The number of aromatic nitrogens is 1. The fraction of sp³-hybridized carbons (Fsp3) is 0.412. The van der Waals surface area contributed by atoms with E-state index in [-0.39, 0.29) is 5.41 Å². The van der Waals surface area contributed by atoms with Crippen molar-refractivity contribution in [2.45, 2.75) is 32.6 Å². The third-order valence-electron chi connectivity index (χ3n) is 3.19. The number of rotatable bonds is 5. The van der Waals surface area contributed by atoms with Crippen LogP contribution in [0.5, 0.6) is 5.75 Å². The van der Waals surface area contributed by atoms with E-state index < -0.39 is 0 Å². The molecule has 2 rings (SSSR count). The molecule has 6 heteroatoms. The van der Waals surface area contributed by atoms with Crippen LogP contribution in [0.4, 0.5) is 5.69 Å². The van der Waals surface area contributed by atoms with Crippen molar-refractivity contribution in [3.8, 4) is 5.75 Å². The molecular weight excluding hydrogens is 308 g/mol. The van der Waals surface area contributed by atoms with Crippen LogP contribution in [0.3, 0.4) is 0 Å². The van der Waals surface area contributed by atoms with Gasteiger partial charge in [0, 0.05) is 35.5 Å². The molecule has 0 atom stereocenters. The van der Waals surface area contributed by atoms with E-state index in [9.17, 15) is 0 Å². The second-order valence-corrected chi connectivity index (χ2v) is 7.13. The van der Waals surface area contributed by atoms with Gasteiger partial charge in [-0.3, -0.25) is 4.99 Å². The van der Waals surface area contributed by atoms with Crippen molar-refractivity contribution in [3.05, 3.63) is 40.3 Å². The van der Waals surface area contributed by atoms with Gasteiger partial charge in [-0.25, -0.2) is 4.98 Å². The molecule has 0 fully saturated rings. The van der Waals surface area contributed by atoms with Gasteiger partial charge in [-0.15, -0.1) is 11.3 Å². The van der Waals surface area contributed by atoms with E-state index in [1.807, 2.05) is 24.3 Å². The highest BCUT2D eigenvalue weighted by Crippen LogP contribution is 2.25. The second-order valence-electron chi connectivity index (χ2n) is 6.27. The molecule has 23 heavy (non-hydrogen) atoms. The Hall–Kier alpha value is -2.08. The van der Waals surface area contributed by atoms with Crippen LogP contribution < -0.4 is 15.8 Å². The van der Waals surface area contributed by atoms with E-state index in [0.717, 1.165) is 28.6 Å². The number of nitrogens with zero attached hydrogens (tertiary/aromatic N) is 2. The molecule has 0 bridgehead atoms. The third-order valence-corrected chi connectivity index (χ3v) is 4.50. The first-order valence-electron chi connectivity index (χ1n) is 7.54. The summed E-state index contributed by atoms with van der Waals surface area (Å²) < 4.78 is 5.18. The Labute approximate surface area is 141 Å². The molecule has 0 saturated carbocycles. The Balaban J connectivity index is 1.88. The summed E-state index contributed by atoms with van der Waals surface area (Å²) in [6.07, 6.45) is 0.785. The second kappa shape index (κ2) is 7.46. The Morgan fingerprint density at radius 2 is 2.17 bits per heavy atom. The van der Waals surface area contributed by atoms with Crippen molar-refractivity contribution >= 4 is 23.0 Å². The number of hydrogen-bond donors (Lipinski definition) is 2. The highest BCUT2D eigenvalue weighted by Gasteiger charge is 2.17. The van der Waals surface area contributed by atoms with Crippen molar-refractivity contribution in [2.75, 3.05) is 19.0 Å². The summed E-state index contributed by atoms with van der Waals surface area (Å²) in [6, 6.07) is 7.57. The molecule has 0 radical (unpaired) electrons. The van der Waals surface area contributed by atoms with Gasteiger partial charge in [0.25, 0.3) is 0 Å². The van der Waals surface area contributed by atoms with Gasteiger partial charge < -0.3 is 15.8 Å². The van der Waals surface area contributed by atoms with Crippen molar-refractivity contribution < 1.29 is 4.74 Å². The Morgan fingerprint density at radius 1 is 1.39 bits per heavy atom. The minimum absolute atomic E-state index is 0.0964. The van der Waals surface area contributed by atoms with Crippen LogP contribution in [0.25, 0.3) is 0 Å². The minimum Gasteiger partial charge on any atom is -0.497 e. The standard InChI is InChI=1S/C17H24N4OS/c1-17(2,3)15-20-13(11-23-15)8-9-19-16(18)21-12-6-5-7-14(10-12)22-4/h5-7,10-11H,8-9H2,1-4H3,(H3,18,19,21). The van der Waals surface area contributed by atoms with Crippen LogP contribution >= 0.6 is 11.3 Å². The fourth-order valence-electron chi connectivity index (χ4n) is 1.95. The zero-order valence-electron chi connectivity index (χ0n) is 14.1. The lowest BCUT2D eigenvalue weighted by Crippen LogP contribution is -2.23. The lowest BCUT2D eigenvalue weighted by atomic mass is 9.98. The lowest BCUT2D eigenvalue weighted by molar-refractivity contribution is 0.415. The van der Waals surface area contributed by atoms with Crippen LogP contribution in [-0.2, 0) is 11.8 Å². The molecule has 0 aliphatic heterocycles. The summed E-state index contributed by atoms with van der Waals surface area (Å²) in [5.74, 6) is 1.17. The van der Waals surface area contributed by atoms with E-state index in [0.29, 0.717) is 12.5 Å². The van der Waals surface area contributed by atoms with Gasteiger partial charge in [0.15, 0.2) is 5.96 Å². The highest BCUT2D eigenvalue weighted by atomic mass is 32.1. The predicted molar refractivity (Wildman–Crippen MR) is 97.6 cm³/mol. The lowest BCUT2D eigenvalue weighted by Gasteiger charge is -2.13.